The SMILES string of the molecule is CNC1CN(C(=O)OC(C)(C)C)CCC1C.CNC1CN(C(=O)OC(C)(C)C)CCC1C.O=C(O)C(=O)O. The maximum absolute atomic E-state index is 11.9. The zero-order chi connectivity index (χ0) is 29.8. The number of nitrogens with one attached hydrogen (secondary N) is 2. The number of carboxylic acid groups (broad SMARTS) is 2. The van der Waals surface area contributed by atoms with E-state index in [1.165, 1.54) is 0 Å². The Balaban J connectivity index is 0.000000596. The Labute approximate surface area is 227 Å². The Morgan fingerprint density at radius 2 is 0.974 bits per heavy atom. The smallest absolute Gasteiger partial charge is 0.414 e. The number of hydrogen-bond donors (Lipinski definition) is 4. The van der Waals surface area contributed by atoms with Gasteiger partial charge in [0.1, 0.15) is 11.2 Å². The van der Waals surface area contributed by atoms with Gasteiger partial charge in [0.25, 0.3) is 0 Å². The quantitative estimate of drug-likeness (QED) is 0.380. The molecular weight excluding hydrogens is 496 g/mol. The van der Waals surface area contributed by atoms with Gasteiger partial charge in [-0.3, -0.25) is 0 Å². The van der Waals surface area contributed by atoms with E-state index in [4.69, 9.17) is 29.3 Å². The highest BCUT2D eigenvalue weighted by Crippen LogP contribution is 2.20. The number of carbonyl (C=O) groups excluding carboxylic acids is 2. The van der Waals surface area contributed by atoms with Crippen LogP contribution in [0.25, 0.3) is 0 Å². The van der Waals surface area contributed by atoms with E-state index < -0.39 is 23.1 Å². The highest BCUT2D eigenvalue weighted by atomic mass is 16.6. The number of likely N-dealkylation sites (tertiary alicyclic amines) is 2. The minimum absolute atomic E-state index is 0.195. The standard InChI is InChI=1S/2C12H24N2O2.C2H2O4/c2*1-9-6-7-14(8-10(9)13-5)11(15)16-12(2,3)4;3-1(4)2(5)6/h2*9-10,13H,6-8H2,1-5H3;(H,3,4)(H,5,6). The Bertz CT molecular complexity index is 714. The van der Waals surface area contributed by atoms with Gasteiger partial charge < -0.3 is 40.1 Å². The average molecular weight is 547 g/mol. The molecule has 12 heteroatoms. The van der Waals surface area contributed by atoms with Crippen molar-refractivity contribution < 1.29 is 38.9 Å². The summed E-state index contributed by atoms with van der Waals surface area (Å²) in [6.07, 6.45) is 1.68. The molecule has 2 rings (SSSR count). The Hall–Kier alpha value is -2.60. The third kappa shape index (κ3) is 14.4. The fraction of sp³-hybridized carbons (Fsp3) is 0.846. The van der Waals surface area contributed by atoms with Crippen molar-refractivity contribution >= 4 is 24.1 Å². The van der Waals surface area contributed by atoms with Crippen molar-refractivity contribution in [2.24, 2.45) is 11.8 Å². The summed E-state index contributed by atoms with van der Waals surface area (Å²) in [7, 11) is 3.89. The molecule has 0 aromatic carbocycles. The maximum atomic E-state index is 11.9. The van der Waals surface area contributed by atoms with Crippen molar-refractivity contribution in [3.05, 3.63) is 0 Å². The molecule has 0 radical (unpaired) electrons. The Morgan fingerprint density at radius 1 is 0.684 bits per heavy atom. The lowest BCUT2D eigenvalue weighted by Crippen LogP contribution is -2.51. The van der Waals surface area contributed by atoms with Crippen LogP contribution in [-0.2, 0) is 19.1 Å². The molecule has 2 saturated heterocycles. The minimum Gasteiger partial charge on any atom is -0.473 e. The maximum Gasteiger partial charge on any atom is 0.414 e. The lowest BCUT2D eigenvalue weighted by molar-refractivity contribution is -0.159. The first-order valence-electron chi connectivity index (χ1n) is 13.1. The molecule has 38 heavy (non-hydrogen) atoms. The van der Waals surface area contributed by atoms with Crippen LogP contribution < -0.4 is 10.6 Å². The molecule has 0 aliphatic carbocycles. The van der Waals surface area contributed by atoms with Crippen molar-refractivity contribution in [1.29, 1.82) is 0 Å². The Morgan fingerprint density at radius 3 is 1.18 bits per heavy atom. The molecule has 12 nitrogen and oxygen atoms in total. The predicted molar refractivity (Wildman–Crippen MR) is 144 cm³/mol. The molecule has 2 amide bonds. The van der Waals surface area contributed by atoms with Gasteiger partial charge in [0, 0.05) is 38.3 Å². The first kappa shape index (κ1) is 35.4. The fourth-order valence-electron chi connectivity index (χ4n) is 3.87. The first-order valence-corrected chi connectivity index (χ1v) is 13.1. The summed E-state index contributed by atoms with van der Waals surface area (Å²) in [5.41, 5.74) is -0.815. The highest BCUT2D eigenvalue weighted by Gasteiger charge is 2.31. The number of rotatable bonds is 2. The summed E-state index contributed by atoms with van der Waals surface area (Å²) < 4.78 is 10.7. The van der Waals surface area contributed by atoms with Gasteiger partial charge in [-0.1, -0.05) is 13.8 Å². The molecule has 0 aromatic heterocycles. The van der Waals surface area contributed by atoms with Crippen molar-refractivity contribution in [3.8, 4) is 0 Å². The molecule has 0 bridgehead atoms. The van der Waals surface area contributed by atoms with E-state index in [0.717, 1.165) is 39.0 Å². The van der Waals surface area contributed by atoms with Gasteiger partial charge in [-0.05, 0) is 80.3 Å². The lowest BCUT2D eigenvalue weighted by atomic mass is 9.94. The van der Waals surface area contributed by atoms with E-state index in [1.54, 1.807) is 9.80 Å². The van der Waals surface area contributed by atoms with Gasteiger partial charge in [-0.2, -0.15) is 0 Å². The summed E-state index contributed by atoms with van der Waals surface area (Å²) in [6.45, 7) is 18.9. The topological polar surface area (TPSA) is 158 Å². The second-order valence-electron chi connectivity index (χ2n) is 11.8. The number of hydrogen-bond acceptors (Lipinski definition) is 8. The fourth-order valence-corrected chi connectivity index (χ4v) is 3.87. The molecular formula is C26H50N4O8. The normalized spacial score (nSPS) is 23.6. The number of aliphatic carboxylic acids is 2. The third-order valence-electron chi connectivity index (χ3n) is 6.14. The molecule has 222 valence electrons. The van der Waals surface area contributed by atoms with E-state index in [1.807, 2.05) is 55.6 Å². The van der Waals surface area contributed by atoms with Gasteiger partial charge in [-0.15, -0.1) is 0 Å². The van der Waals surface area contributed by atoms with Crippen molar-refractivity contribution in [2.45, 2.75) is 91.5 Å². The van der Waals surface area contributed by atoms with Gasteiger partial charge in [0.2, 0.25) is 0 Å². The zero-order valence-electron chi connectivity index (χ0n) is 24.8. The van der Waals surface area contributed by atoms with Crippen LogP contribution in [0.3, 0.4) is 0 Å². The number of amides is 2. The van der Waals surface area contributed by atoms with E-state index >= 15 is 0 Å². The monoisotopic (exact) mass is 546 g/mol. The van der Waals surface area contributed by atoms with Crippen LogP contribution >= 0.6 is 0 Å². The Kier molecular flexibility index (Phi) is 14.6. The second kappa shape index (κ2) is 15.7. The molecule has 2 aliphatic rings. The number of likely N-dealkylation sites (N-methyl/N-ethyl adjacent to an activating group) is 2. The van der Waals surface area contributed by atoms with Gasteiger partial charge in [-0.25, -0.2) is 19.2 Å². The van der Waals surface area contributed by atoms with Gasteiger partial charge in [0.15, 0.2) is 0 Å². The van der Waals surface area contributed by atoms with Crippen LogP contribution in [0, 0.1) is 11.8 Å². The predicted octanol–water partition coefficient (Wildman–Crippen LogP) is 2.86. The third-order valence-corrected chi connectivity index (χ3v) is 6.14. The van der Waals surface area contributed by atoms with Gasteiger partial charge >= 0.3 is 24.1 Å². The van der Waals surface area contributed by atoms with Crippen LogP contribution in [0.4, 0.5) is 9.59 Å². The van der Waals surface area contributed by atoms with Crippen LogP contribution in [0.15, 0.2) is 0 Å². The minimum atomic E-state index is -1.82. The average Bonchev–Trinajstić information content (AvgIpc) is 2.78. The first-order chi connectivity index (χ1) is 17.3. The van der Waals surface area contributed by atoms with Crippen molar-refractivity contribution in [1.82, 2.24) is 20.4 Å². The number of nitrogens with zero attached hydrogens (tertiary/aromatic N) is 2. The number of carboxylic acids is 2. The molecule has 2 fully saturated rings. The molecule has 0 saturated carbocycles. The highest BCUT2D eigenvalue weighted by molar-refractivity contribution is 6.27. The van der Waals surface area contributed by atoms with Crippen molar-refractivity contribution in [2.75, 3.05) is 40.3 Å². The lowest BCUT2D eigenvalue weighted by Gasteiger charge is -2.37. The molecule has 2 heterocycles. The second-order valence-corrected chi connectivity index (χ2v) is 11.8. The molecule has 4 N–H and O–H groups in total. The number of ether oxygens (including phenoxy) is 2. The number of carbonyl (C=O) groups is 4. The summed E-state index contributed by atoms with van der Waals surface area (Å²) in [5.74, 6) is -2.42. The van der Waals surface area contributed by atoms with E-state index in [2.05, 4.69) is 24.5 Å². The molecule has 0 spiro atoms. The molecule has 4 unspecified atom stereocenters. The summed E-state index contributed by atoms with van der Waals surface area (Å²) >= 11 is 0. The summed E-state index contributed by atoms with van der Waals surface area (Å²) in [4.78, 5) is 45.5. The van der Waals surface area contributed by atoms with Crippen molar-refractivity contribution in [3.63, 3.8) is 0 Å². The van der Waals surface area contributed by atoms with Crippen LogP contribution in [0.1, 0.15) is 68.2 Å². The molecule has 2 aliphatic heterocycles. The van der Waals surface area contributed by atoms with Crippen LogP contribution in [-0.4, -0.2) is 108 Å². The van der Waals surface area contributed by atoms with Crippen LogP contribution in [0.2, 0.25) is 0 Å². The number of piperidine rings is 2. The zero-order valence-corrected chi connectivity index (χ0v) is 24.8. The van der Waals surface area contributed by atoms with E-state index in [9.17, 15) is 9.59 Å². The largest absolute Gasteiger partial charge is 0.473 e. The van der Waals surface area contributed by atoms with Gasteiger partial charge in [0.05, 0.1) is 0 Å². The molecule has 4 atom stereocenters. The molecule has 0 aromatic rings. The summed E-state index contributed by atoms with van der Waals surface area (Å²) in [6, 6.07) is 0.752. The summed E-state index contributed by atoms with van der Waals surface area (Å²) in [5, 5.41) is 21.3. The van der Waals surface area contributed by atoms with E-state index in [-0.39, 0.29) is 12.2 Å². The van der Waals surface area contributed by atoms with Crippen LogP contribution in [0.5, 0.6) is 0 Å². The van der Waals surface area contributed by atoms with E-state index in [0.29, 0.717) is 23.9 Å².